The van der Waals surface area contributed by atoms with E-state index in [0.717, 1.165) is 22.0 Å². The molecule has 0 spiro atoms. The fraction of sp³-hybridized carbons (Fsp3) is 0.174. The van der Waals surface area contributed by atoms with Crippen molar-refractivity contribution < 1.29 is 19.3 Å². The van der Waals surface area contributed by atoms with Crippen molar-refractivity contribution in [3.63, 3.8) is 0 Å². The van der Waals surface area contributed by atoms with Crippen LogP contribution in [0, 0.1) is 0 Å². The number of carbonyl (C=O) groups excluding carboxylic acids is 3. The zero-order valence-corrected chi connectivity index (χ0v) is 16.9. The van der Waals surface area contributed by atoms with Crippen molar-refractivity contribution in [2.75, 3.05) is 26.0 Å². The van der Waals surface area contributed by atoms with E-state index in [1.165, 1.54) is 7.05 Å². The van der Waals surface area contributed by atoms with E-state index in [0.29, 0.717) is 4.90 Å². The van der Waals surface area contributed by atoms with Crippen LogP contribution in [-0.4, -0.2) is 38.5 Å². The molecule has 0 fully saturated rings. The van der Waals surface area contributed by atoms with Crippen LogP contribution in [0.25, 0.3) is 10.8 Å². The van der Waals surface area contributed by atoms with Crippen LogP contribution in [0.5, 0.6) is 0 Å². The SMILES string of the molecule is CNC(=O)NC(=O)[C@@H](c1ccccc1)[NH+](C)CC(=O)Nc1cccc2ccccc12. The number of anilines is 1. The number of carbonyl (C=O) groups is 3. The van der Waals surface area contributed by atoms with Crippen molar-refractivity contribution >= 4 is 34.3 Å². The fourth-order valence-electron chi connectivity index (χ4n) is 3.44. The van der Waals surface area contributed by atoms with Gasteiger partial charge in [0, 0.05) is 23.7 Å². The summed E-state index contributed by atoms with van der Waals surface area (Å²) in [5.74, 6) is -0.700. The first-order valence-corrected chi connectivity index (χ1v) is 9.67. The Morgan fingerprint density at radius 3 is 2.30 bits per heavy atom. The lowest BCUT2D eigenvalue weighted by Gasteiger charge is -2.24. The highest BCUT2D eigenvalue weighted by atomic mass is 16.2. The van der Waals surface area contributed by atoms with Gasteiger partial charge in [-0.05, 0) is 11.5 Å². The second kappa shape index (κ2) is 9.67. The molecule has 1 unspecified atom stereocenters. The van der Waals surface area contributed by atoms with Crippen LogP contribution in [-0.2, 0) is 9.59 Å². The number of fused-ring (bicyclic) bond motifs is 1. The van der Waals surface area contributed by atoms with E-state index in [2.05, 4.69) is 16.0 Å². The van der Waals surface area contributed by atoms with Gasteiger partial charge in [0.05, 0.1) is 7.05 Å². The molecular formula is C23H25N4O3+. The largest absolute Gasteiger partial charge is 0.341 e. The highest BCUT2D eigenvalue weighted by Gasteiger charge is 2.31. The fourth-order valence-corrected chi connectivity index (χ4v) is 3.44. The summed E-state index contributed by atoms with van der Waals surface area (Å²) in [7, 11) is 3.19. The van der Waals surface area contributed by atoms with Gasteiger partial charge in [0.1, 0.15) is 0 Å². The minimum absolute atomic E-state index is 0.0456. The number of imide groups is 1. The van der Waals surface area contributed by atoms with E-state index in [9.17, 15) is 14.4 Å². The average Bonchev–Trinajstić information content (AvgIpc) is 2.74. The number of rotatable bonds is 6. The Hall–Kier alpha value is -3.71. The molecule has 4 amide bonds. The van der Waals surface area contributed by atoms with Crippen molar-refractivity contribution in [1.82, 2.24) is 10.6 Å². The van der Waals surface area contributed by atoms with Crippen LogP contribution in [0.3, 0.4) is 0 Å². The zero-order valence-electron chi connectivity index (χ0n) is 16.9. The summed E-state index contributed by atoms with van der Waals surface area (Å²) in [6, 6.07) is 21.3. The smallest absolute Gasteiger partial charge is 0.321 e. The lowest BCUT2D eigenvalue weighted by atomic mass is 10.0. The first-order chi connectivity index (χ1) is 14.5. The maximum absolute atomic E-state index is 12.8. The molecule has 0 radical (unpaired) electrons. The van der Waals surface area contributed by atoms with E-state index in [4.69, 9.17) is 0 Å². The summed E-state index contributed by atoms with van der Waals surface area (Å²) in [4.78, 5) is 37.8. The topological polar surface area (TPSA) is 91.7 Å². The van der Waals surface area contributed by atoms with Gasteiger partial charge in [-0.1, -0.05) is 66.7 Å². The maximum Gasteiger partial charge on any atom is 0.321 e. The van der Waals surface area contributed by atoms with Crippen molar-refractivity contribution in [1.29, 1.82) is 0 Å². The van der Waals surface area contributed by atoms with Crippen LogP contribution in [0.1, 0.15) is 11.6 Å². The van der Waals surface area contributed by atoms with Crippen molar-refractivity contribution in [2.45, 2.75) is 6.04 Å². The van der Waals surface area contributed by atoms with Gasteiger partial charge in [0.25, 0.3) is 11.8 Å². The number of quaternary nitrogens is 1. The number of urea groups is 1. The van der Waals surface area contributed by atoms with Crippen molar-refractivity contribution in [2.24, 2.45) is 0 Å². The molecule has 7 nitrogen and oxygen atoms in total. The first kappa shape index (κ1) is 21.0. The third-order valence-electron chi connectivity index (χ3n) is 4.85. The summed E-state index contributed by atoms with van der Waals surface area (Å²) in [5, 5.41) is 9.61. The van der Waals surface area contributed by atoms with Gasteiger partial charge in [-0.3, -0.25) is 14.9 Å². The Bertz CT molecular complexity index is 1050. The Morgan fingerprint density at radius 2 is 1.57 bits per heavy atom. The van der Waals surface area contributed by atoms with Crippen LogP contribution in [0.15, 0.2) is 72.8 Å². The summed E-state index contributed by atoms with van der Waals surface area (Å²) in [6.07, 6.45) is 0. The van der Waals surface area contributed by atoms with Gasteiger partial charge in [-0.15, -0.1) is 0 Å². The van der Waals surface area contributed by atoms with E-state index in [1.807, 2.05) is 60.7 Å². The van der Waals surface area contributed by atoms with Gasteiger partial charge in [0.2, 0.25) is 0 Å². The molecule has 3 rings (SSSR count). The Kier molecular flexibility index (Phi) is 6.77. The third-order valence-corrected chi connectivity index (χ3v) is 4.85. The molecule has 0 saturated heterocycles. The molecule has 0 saturated carbocycles. The summed E-state index contributed by atoms with van der Waals surface area (Å²) < 4.78 is 0. The molecule has 0 heterocycles. The molecule has 0 aliphatic heterocycles. The van der Waals surface area contributed by atoms with Gasteiger partial charge in [-0.25, -0.2) is 4.79 Å². The van der Waals surface area contributed by atoms with Crippen LogP contribution < -0.4 is 20.9 Å². The molecule has 30 heavy (non-hydrogen) atoms. The van der Waals surface area contributed by atoms with Crippen molar-refractivity contribution in [3.8, 4) is 0 Å². The Morgan fingerprint density at radius 1 is 0.900 bits per heavy atom. The Labute approximate surface area is 175 Å². The number of benzene rings is 3. The monoisotopic (exact) mass is 405 g/mol. The van der Waals surface area contributed by atoms with Gasteiger partial charge < -0.3 is 15.5 Å². The molecule has 2 atom stereocenters. The second-order valence-electron chi connectivity index (χ2n) is 7.01. The predicted molar refractivity (Wildman–Crippen MR) is 116 cm³/mol. The molecule has 0 aromatic heterocycles. The van der Waals surface area contributed by atoms with Crippen molar-refractivity contribution in [3.05, 3.63) is 78.4 Å². The van der Waals surface area contributed by atoms with E-state index >= 15 is 0 Å². The predicted octanol–water partition coefficient (Wildman–Crippen LogP) is 1.49. The molecule has 3 aromatic rings. The molecule has 0 bridgehead atoms. The van der Waals surface area contributed by atoms with Gasteiger partial charge in [-0.2, -0.15) is 0 Å². The molecule has 154 valence electrons. The molecule has 3 aromatic carbocycles. The maximum atomic E-state index is 12.8. The number of hydrogen-bond donors (Lipinski definition) is 4. The summed E-state index contributed by atoms with van der Waals surface area (Å²) in [6.45, 7) is 0.0456. The van der Waals surface area contributed by atoms with Crippen LogP contribution in [0.2, 0.25) is 0 Å². The number of hydrogen-bond acceptors (Lipinski definition) is 3. The Balaban J connectivity index is 1.77. The quantitative estimate of drug-likeness (QED) is 0.501. The molecular weight excluding hydrogens is 380 g/mol. The molecule has 7 heteroatoms. The van der Waals surface area contributed by atoms with Gasteiger partial charge >= 0.3 is 6.03 Å². The normalized spacial score (nSPS) is 12.6. The van der Waals surface area contributed by atoms with E-state index in [-0.39, 0.29) is 12.5 Å². The summed E-state index contributed by atoms with van der Waals surface area (Å²) in [5.41, 5.74) is 1.44. The lowest BCUT2D eigenvalue weighted by molar-refractivity contribution is -0.894. The highest BCUT2D eigenvalue weighted by Crippen LogP contribution is 2.22. The van der Waals surface area contributed by atoms with E-state index in [1.54, 1.807) is 19.2 Å². The number of nitrogens with one attached hydrogen (secondary N) is 4. The highest BCUT2D eigenvalue weighted by molar-refractivity contribution is 6.02. The van der Waals surface area contributed by atoms with E-state index < -0.39 is 18.0 Å². The second-order valence-corrected chi connectivity index (χ2v) is 7.01. The minimum Gasteiger partial charge on any atom is -0.341 e. The van der Waals surface area contributed by atoms with Gasteiger partial charge in [0.15, 0.2) is 12.6 Å². The number of amides is 4. The lowest BCUT2D eigenvalue weighted by Crippen LogP contribution is -3.11. The molecule has 0 aliphatic rings. The van der Waals surface area contributed by atoms with Crippen LogP contribution in [0.4, 0.5) is 10.5 Å². The summed E-state index contributed by atoms with van der Waals surface area (Å²) >= 11 is 0. The minimum atomic E-state index is -0.721. The molecule has 0 aliphatic carbocycles. The number of likely N-dealkylation sites (N-methyl/N-ethyl adjacent to an activating group) is 1. The third kappa shape index (κ3) is 5.01. The zero-order chi connectivity index (χ0) is 21.5. The first-order valence-electron chi connectivity index (χ1n) is 9.67. The standard InChI is InChI=1S/C23H24N4O3/c1-24-23(30)26-22(29)21(17-10-4-3-5-11-17)27(2)15-20(28)25-19-14-8-12-16-9-6-7-13-18(16)19/h3-14,21H,15H2,1-2H3,(H,25,28)(H2,24,26,29,30)/p+1/t21-/m1/s1. The molecule has 4 N–H and O–H groups in total. The van der Waals surface area contributed by atoms with Crippen LogP contribution >= 0.6 is 0 Å². The average molecular weight is 405 g/mol.